The molecule has 2 aliphatic heterocycles. The van der Waals surface area contributed by atoms with Crippen molar-refractivity contribution in [2.75, 3.05) is 49.6 Å². The van der Waals surface area contributed by atoms with Gasteiger partial charge in [-0.15, -0.1) is 0 Å². The number of benzene rings is 1. The molecule has 2 saturated heterocycles. The highest BCUT2D eigenvalue weighted by Crippen LogP contribution is 2.54. The quantitative estimate of drug-likeness (QED) is 0.592. The molecule has 1 aromatic carbocycles. The molecule has 1 N–H and O–H groups in total. The highest BCUT2D eigenvalue weighted by Gasteiger charge is 2.53. The Labute approximate surface area is 212 Å². The average Bonchev–Trinajstić information content (AvgIpc) is 3.15. The molecular weight excluding hydrogens is 452 g/mol. The third-order valence-electron chi connectivity index (χ3n) is 8.66. The number of aromatic nitrogens is 3. The van der Waals surface area contributed by atoms with Gasteiger partial charge in [0, 0.05) is 80.7 Å². The van der Waals surface area contributed by atoms with Crippen LogP contribution in [0.2, 0.25) is 0 Å². The Morgan fingerprint density at radius 2 is 1.94 bits per heavy atom. The molecule has 4 heterocycles. The average molecular weight is 489 g/mol. The minimum Gasteiger partial charge on any atom is -0.379 e. The number of rotatable bonds is 5. The highest BCUT2D eigenvalue weighted by atomic mass is 16.5. The number of hydrogen-bond donors (Lipinski definition) is 1. The van der Waals surface area contributed by atoms with Crippen LogP contribution in [0.3, 0.4) is 0 Å². The predicted molar refractivity (Wildman–Crippen MR) is 141 cm³/mol. The molecule has 3 aliphatic rings. The van der Waals surface area contributed by atoms with E-state index in [0.717, 1.165) is 62.1 Å². The van der Waals surface area contributed by atoms with E-state index in [4.69, 9.17) is 4.74 Å². The number of anilines is 2. The van der Waals surface area contributed by atoms with Gasteiger partial charge in [0.1, 0.15) is 5.82 Å². The first-order valence-electron chi connectivity index (χ1n) is 13.1. The molecule has 2 aromatic heterocycles. The lowest BCUT2D eigenvalue weighted by Crippen LogP contribution is -2.56. The van der Waals surface area contributed by atoms with Gasteiger partial charge < -0.3 is 15.0 Å². The van der Waals surface area contributed by atoms with Crippen LogP contribution in [0.1, 0.15) is 37.3 Å². The van der Waals surface area contributed by atoms with Crippen molar-refractivity contribution >= 4 is 28.2 Å². The van der Waals surface area contributed by atoms with Crippen molar-refractivity contribution in [1.29, 1.82) is 0 Å². The predicted octanol–water partition coefficient (Wildman–Crippen LogP) is 3.57. The smallest absolute Gasteiger partial charge is 0.229 e. The van der Waals surface area contributed by atoms with Crippen LogP contribution in [0.4, 0.5) is 11.5 Å². The first kappa shape index (κ1) is 23.4. The normalized spacial score (nSPS) is 28.6. The number of hydrogen-bond acceptors (Lipinski definition) is 6. The number of nitrogens with one attached hydrogen (secondary N) is 1. The number of nitrogens with zero attached hydrogens (tertiary/aromatic N) is 5. The van der Waals surface area contributed by atoms with Crippen molar-refractivity contribution in [1.82, 2.24) is 19.7 Å². The molecule has 1 amide bonds. The monoisotopic (exact) mass is 488 g/mol. The van der Waals surface area contributed by atoms with Crippen molar-refractivity contribution in [2.45, 2.75) is 38.6 Å². The third kappa shape index (κ3) is 4.16. The first-order valence-corrected chi connectivity index (χ1v) is 13.1. The van der Waals surface area contributed by atoms with Crippen molar-refractivity contribution < 1.29 is 9.53 Å². The summed E-state index contributed by atoms with van der Waals surface area (Å²) in [6.07, 6.45) is 6.87. The molecule has 3 fully saturated rings. The summed E-state index contributed by atoms with van der Waals surface area (Å²) in [5.74, 6) is 1.15. The number of aryl methyl sites for hydroxylation is 2. The number of pyridine rings is 1. The minimum atomic E-state index is -0.0382. The molecule has 36 heavy (non-hydrogen) atoms. The molecule has 6 rings (SSSR count). The van der Waals surface area contributed by atoms with Crippen LogP contribution in [0.5, 0.6) is 0 Å². The summed E-state index contributed by atoms with van der Waals surface area (Å²) in [7, 11) is 1.91. The highest BCUT2D eigenvalue weighted by molar-refractivity contribution is 5.97. The number of carbonyl (C=O) groups excluding carboxylic acids is 1. The summed E-state index contributed by atoms with van der Waals surface area (Å²) in [4.78, 5) is 22.7. The lowest BCUT2D eigenvalue weighted by molar-refractivity contribution is -0.117. The summed E-state index contributed by atoms with van der Waals surface area (Å²) in [6.45, 7) is 12.5. The summed E-state index contributed by atoms with van der Waals surface area (Å²) in [5.41, 5.74) is 3.84. The van der Waals surface area contributed by atoms with E-state index < -0.39 is 0 Å². The zero-order valence-electron chi connectivity index (χ0n) is 21.7. The van der Waals surface area contributed by atoms with E-state index in [2.05, 4.69) is 58.1 Å². The second-order valence-corrected chi connectivity index (χ2v) is 11.2. The van der Waals surface area contributed by atoms with Gasteiger partial charge in [-0.2, -0.15) is 5.10 Å². The number of ether oxygens (including phenoxy) is 1. The van der Waals surface area contributed by atoms with Crippen LogP contribution < -0.4 is 10.2 Å². The molecule has 3 aromatic rings. The topological polar surface area (TPSA) is 75.5 Å². The molecule has 0 unspecified atom stereocenters. The summed E-state index contributed by atoms with van der Waals surface area (Å²) in [6, 6.07) is 6.48. The molecule has 1 saturated carbocycles. The van der Waals surface area contributed by atoms with Gasteiger partial charge in [0.25, 0.3) is 0 Å². The van der Waals surface area contributed by atoms with Gasteiger partial charge in [0.2, 0.25) is 5.91 Å². The zero-order chi connectivity index (χ0) is 25.0. The van der Waals surface area contributed by atoms with Crippen LogP contribution in [-0.4, -0.2) is 70.5 Å². The number of piperazine rings is 1. The second-order valence-electron chi connectivity index (χ2n) is 11.2. The molecule has 8 nitrogen and oxygen atoms in total. The first-order chi connectivity index (χ1) is 17.3. The fourth-order valence-corrected chi connectivity index (χ4v) is 6.29. The van der Waals surface area contributed by atoms with Gasteiger partial charge in [0.05, 0.1) is 12.8 Å². The minimum absolute atomic E-state index is 0.0380. The lowest BCUT2D eigenvalue weighted by Gasteiger charge is -2.44. The SMILES string of the molecule is Cc1cc2cnc(NC(=O)[C@@H]3[C@@H](C)[C@H]3c3cnn(C)c3)cc2cc1N1CCN([C@]2(C)CCOC2)CC1. The maximum atomic E-state index is 13.0. The van der Waals surface area contributed by atoms with Gasteiger partial charge in [-0.3, -0.25) is 14.4 Å². The van der Waals surface area contributed by atoms with Crippen molar-refractivity contribution in [2.24, 2.45) is 18.9 Å². The lowest BCUT2D eigenvalue weighted by atomic mass is 9.97. The maximum Gasteiger partial charge on any atom is 0.229 e. The Kier molecular flexibility index (Phi) is 5.76. The van der Waals surface area contributed by atoms with E-state index >= 15 is 0 Å². The van der Waals surface area contributed by atoms with Crippen molar-refractivity contribution in [3.63, 3.8) is 0 Å². The van der Waals surface area contributed by atoms with E-state index in [1.54, 1.807) is 4.68 Å². The number of carbonyl (C=O) groups is 1. The van der Waals surface area contributed by atoms with Gasteiger partial charge in [-0.25, -0.2) is 4.98 Å². The molecule has 1 aliphatic carbocycles. The standard InChI is InChI=1S/C28H36N6O2/c1-18-11-21-14-29-24(31-27(35)26-19(2)25(26)22-15-30-32(4)16-22)13-20(21)12-23(18)33-6-8-34(9-7-33)28(3)5-10-36-17-28/h11-16,19,25-26H,5-10,17H2,1-4H3,(H,29,31,35)/t19-,25-,26+,28+/m0/s1. The fourth-order valence-electron chi connectivity index (χ4n) is 6.29. The van der Waals surface area contributed by atoms with E-state index in [1.807, 2.05) is 31.7 Å². The molecule has 0 radical (unpaired) electrons. The molecule has 190 valence electrons. The molecule has 0 spiro atoms. The maximum absolute atomic E-state index is 13.0. The van der Waals surface area contributed by atoms with Crippen LogP contribution in [0.15, 0.2) is 36.8 Å². The van der Waals surface area contributed by atoms with E-state index in [1.165, 1.54) is 11.3 Å². The Morgan fingerprint density at radius 1 is 1.14 bits per heavy atom. The Morgan fingerprint density at radius 3 is 2.64 bits per heavy atom. The van der Waals surface area contributed by atoms with Gasteiger partial charge in [-0.05, 0) is 60.9 Å². The Bertz CT molecular complexity index is 1290. The van der Waals surface area contributed by atoms with Crippen molar-refractivity contribution in [3.05, 3.63) is 47.9 Å². The summed E-state index contributed by atoms with van der Waals surface area (Å²) >= 11 is 0. The van der Waals surface area contributed by atoms with Gasteiger partial charge in [0.15, 0.2) is 0 Å². The van der Waals surface area contributed by atoms with Crippen LogP contribution >= 0.6 is 0 Å². The summed E-state index contributed by atoms with van der Waals surface area (Å²) < 4.78 is 7.48. The summed E-state index contributed by atoms with van der Waals surface area (Å²) in [5, 5.41) is 9.54. The zero-order valence-corrected chi connectivity index (χ0v) is 21.7. The van der Waals surface area contributed by atoms with Gasteiger partial charge >= 0.3 is 0 Å². The van der Waals surface area contributed by atoms with Crippen LogP contribution in [0, 0.1) is 18.8 Å². The fraction of sp³-hybridized carbons (Fsp3) is 0.536. The second kappa shape index (κ2) is 8.85. The molecule has 0 bridgehead atoms. The Hall–Kier alpha value is -2.97. The van der Waals surface area contributed by atoms with E-state index in [0.29, 0.717) is 11.7 Å². The van der Waals surface area contributed by atoms with Gasteiger partial charge in [-0.1, -0.05) is 6.92 Å². The van der Waals surface area contributed by atoms with E-state index in [-0.39, 0.29) is 23.3 Å². The van der Waals surface area contributed by atoms with E-state index in [9.17, 15) is 4.79 Å². The van der Waals surface area contributed by atoms with Crippen molar-refractivity contribution in [3.8, 4) is 0 Å². The Balaban J connectivity index is 1.16. The van der Waals surface area contributed by atoms with Crippen LogP contribution in [-0.2, 0) is 16.6 Å². The van der Waals surface area contributed by atoms with Crippen LogP contribution in [0.25, 0.3) is 10.8 Å². The third-order valence-corrected chi connectivity index (χ3v) is 8.66. The molecule has 8 heteroatoms. The molecule has 4 atom stereocenters. The number of amides is 1. The molecular formula is C28H36N6O2. The number of fused-ring (bicyclic) bond motifs is 1. The largest absolute Gasteiger partial charge is 0.379 e.